The maximum atomic E-state index is 13.1. The molecule has 0 unspecified atom stereocenters. The number of nitrogens with zero attached hydrogens (tertiary/aromatic N) is 4. The number of methoxy groups -OCH3 is 1. The van der Waals surface area contributed by atoms with Crippen LogP contribution >= 0.6 is 0 Å². The van der Waals surface area contributed by atoms with E-state index in [1.54, 1.807) is 4.90 Å². The molecule has 0 radical (unpaired) electrons. The number of carbonyl (C=O) groups excluding carboxylic acids is 1. The molecule has 0 bridgehead atoms. The van der Waals surface area contributed by atoms with Gasteiger partial charge in [-0.3, -0.25) is 4.79 Å². The zero-order chi connectivity index (χ0) is 21.1. The van der Waals surface area contributed by atoms with Gasteiger partial charge in [0, 0.05) is 37.5 Å². The Morgan fingerprint density at radius 3 is 2.80 bits per heavy atom. The van der Waals surface area contributed by atoms with E-state index in [1.807, 2.05) is 0 Å². The number of amides is 1. The van der Waals surface area contributed by atoms with E-state index in [0.717, 1.165) is 50.3 Å². The lowest BCUT2D eigenvalue weighted by Gasteiger charge is -2.32. The summed E-state index contributed by atoms with van der Waals surface area (Å²) in [7, 11) is 1.36. The minimum Gasteiger partial charge on any atom is -0.493 e. The smallest absolute Gasteiger partial charge is 0.387 e. The second-order valence-electron chi connectivity index (χ2n) is 7.77. The van der Waals surface area contributed by atoms with Gasteiger partial charge in [-0.15, -0.1) is 10.2 Å². The summed E-state index contributed by atoms with van der Waals surface area (Å²) < 4.78 is 36.9. The minimum atomic E-state index is -2.96. The molecule has 1 fully saturated rings. The van der Waals surface area contributed by atoms with Crippen LogP contribution in [0.2, 0.25) is 0 Å². The van der Waals surface area contributed by atoms with Gasteiger partial charge >= 0.3 is 6.61 Å². The molecule has 0 aliphatic carbocycles. The fraction of sp³-hybridized carbons (Fsp3) is 0.571. The van der Waals surface area contributed by atoms with Gasteiger partial charge in [0.05, 0.1) is 7.11 Å². The molecule has 0 saturated carbocycles. The van der Waals surface area contributed by atoms with Crippen LogP contribution in [-0.4, -0.2) is 52.4 Å². The average Bonchev–Trinajstić information content (AvgIpc) is 3.01. The number of likely N-dealkylation sites (tertiary alicyclic amines) is 1. The minimum absolute atomic E-state index is 0.0910. The van der Waals surface area contributed by atoms with Crippen LogP contribution in [0.15, 0.2) is 18.2 Å². The first-order valence-corrected chi connectivity index (χ1v) is 10.4. The normalized spacial score (nSPS) is 19.3. The molecule has 9 heteroatoms. The van der Waals surface area contributed by atoms with Crippen LogP contribution < -0.4 is 9.47 Å². The van der Waals surface area contributed by atoms with Crippen LogP contribution in [0.25, 0.3) is 0 Å². The first-order chi connectivity index (χ1) is 14.6. The molecule has 3 heterocycles. The van der Waals surface area contributed by atoms with Gasteiger partial charge in [-0.05, 0) is 43.9 Å². The molecule has 1 aromatic heterocycles. The van der Waals surface area contributed by atoms with Crippen molar-refractivity contribution >= 4 is 5.91 Å². The quantitative estimate of drug-likeness (QED) is 0.739. The number of hydrogen-bond donors (Lipinski definition) is 0. The summed E-state index contributed by atoms with van der Waals surface area (Å²) in [6.45, 7) is -0.811. The van der Waals surface area contributed by atoms with E-state index in [1.165, 1.54) is 31.7 Å². The average molecular weight is 420 g/mol. The van der Waals surface area contributed by atoms with Gasteiger partial charge in [0.25, 0.3) is 5.91 Å². The molecule has 2 aliphatic rings. The summed E-state index contributed by atoms with van der Waals surface area (Å²) in [5, 5.41) is 8.86. The number of fused-ring (bicyclic) bond motifs is 1. The number of carbonyl (C=O) groups is 1. The Kier molecular flexibility index (Phi) is 6.15. The van der Waals surface area contributed by atoms with Crippen molar-refractivity contribution in [1.29, 1.82) is 0 Å². The van der Waals surface area contributed by atoms with Gasteiger partial charge in [-0.2, -0.15) is 8.78 Å². The predicted octanol–water partition coefficient (Wildman–Crippen LogP) is 3.63. The highest BCUT2D eigenvalue weighted by atomic mass is 19.3. The third-order valence-electron chi connectivity index (χ3n) is 5.84. The second-order valence-corrected chi connectivity index (χ2v) is 7.77. The third kappa shape index (κ3) is 4.24. The highest BCUT2D eigenvalue weighted by Gasteiger charge is 2.30. The SMILES string of the molecule is COc1cc(C(=O)N2CCC[C@@H](c3nnc4n3CCCCC4)C2)ccc1OC(F)F. The lowest BCUT2D eigenvalue weighted by molar-refractivity contribution is -0.0512. The van der Waals surface area contributed by atoms with Crippen molar-refractivity contribution in [3.8, 4) is 11.5 Å². The molecule has 0 spiro atoms. The topological polar surface area (TPSA) is 69.5 Å². The maximum Gasteiger partial charge on any atom is 0.387 e. The van der Waals surface area contributed by atoms with E-state index in [0.29, 0.717) is 18.7 Å². The Morgan fingerprint density at radius 1 is 1.13 bits per heavy atom. The third-order valence-corrected chi connectivity index (χ3v) is 5.84. The molecule has 4 rings (SSSR count). The first-order valence-electron chi connectivity index (χ1n) is 10.4. The summed E-state index contributed by atoms with van der Waals surface area (Å²) in [6, 6.07) is 4.29. The van der Waals surface area contributed by atoms with Gasteiger partial charge in [0.2, 0.25) is 0 Å². The van der Waals surface area contributed by atoms with Crippen molar-refractivity contribution in [2.45, 2.75) is 57.6 Å². The highest BCUT2D eigenvalue weighted by Crippen LogP contribution is 2.32. The number of ether oxygens (including phenoxy) is 2. The number of halogens is 2. The number of benzene rings is 1. The van der Waals surface area contributed by atoms with E-state index in [-0.39, 0.29) is 23.3 Å². The van der Waals surface area contributed by atoms with E-state index < -0.39 is 6.61 Å². The second kappa shape index (κ2) is 8.97. The molecule has 1 aromatic carbocycles. The van der Waals surface area contributed by atoms with Crippen molar-refractivity contribution in [3.63, 3.8) is 0 Å². The standard InChI is InChI=1S/C21H26F2N4O3/c1-29-17-12-14(8-9-16(17)30-21(22)23)20(28)26-10-5-6-15(13-26)19-25-24-18-7-3-2-4-11-27(18)19/h8-9,12,15,21H,2-7,10-11,13H2,1H3/t15-/m1/s1. The summed E-state index contributed by atoms with van der Waals surface area (Å²) in [6.07, 6.45) is 6.26. The van der Waals surface area contributed by atoms with Crippen LogP contribution in [0.4, 0.5) is 8.78 Å². The molecule has 1 atom stereocenters. The van der Waals surface area contributed by atoms with E-state index >= 15 is 0 Å². The van der Waals surface area contributed by atoms with Gasteiger partial charge in [0.15, 0.2) is 11.5 Å². The van der Waals surface area contributed by atoms with Crippen molar-refractivity contribution < 1.29 is 23.0 Å². The van der Waals surface area contributed by atoms with E-state index in [9.17, 15) is 13.6 Å². The fourth-order valence-electron chi connectivity index (χ4n) is 4.36. The monoisotopic (exact) mass is 420 g/mol. The molecule has 30 heavy (non-hydrogen) atoms. The molecular weight excluding hydrogens is 394 g/mol. The fourth-order valence-corrected chi connectivity index (χ4v) is 4.36. The zero-order valence-corrected chi connectivity index (χ0v) is 17.0. The van der Waals surface area contributed by atoms with Gasteiger partial charge < -0.3 is 18.9 Å². The van der Waals surface area contributed by atoms with Gasteiger partial charge in [-0.25, -0.2) is 0 Å². The zero-order valence-electron chi connectivity index (χ0n) is 17.0. The van der Waals surface area contributed by atoms with Crippen molar-refractivity contribution in [3.05, 3.63) is 35.4 Å². The highest BCUT2D eigenvalue weighted by molar-refractivity contribution is 5.95. The van der Waals surface area contributed by atoms with Gasteiger partial charge in [-0.1, -0.05) is 6.42 Å². The molecule has 1 amide bonds. The predicted molar refractivity (Wildman–Crippen MR) is 105 cm³/mol. The number of piperidine rings is 1. The van der Waals surface area contributed by atoms with Crippen molar-refractivity contribution in [1.82, 2.24) is 19.7 Å². The lowest BCUT2D eigenvalue weighted by Crippen LogP contribution is -2.39. The molecule has 162 valence electrons. The molecule has 0 N–H and O–H groups in total. The van der Waals surface area contributed by atoms with E-state index in [2.05, 4.69) is 19.5 Å². The summed E-state index contributed by atoms with van der Waals surface area (Å²) in [5.41, 5.74) is 0.384. The Labute approximate surface area is 174 Å². The first kappa shape index (κ1) is 20.6. The molecular formula is C21H26F2N4O3. The van der Waals surface area contributed by atoms with E-state index in [4.69, 9.17) is 4.74 Å². The number of aryl methyl sites for hydroxylation is 1. The van der Waals surface area contributed by atoms with Crippen LogP contribution in [0.1, 0.15) is 60.0 Å². The number of aromatic nitrogens is 3. The molecule has 2 aliphatic heterocycles. The Hall–Kier alpha value is -2.71. The van der Waals surface area contributed by atoms with Crippen LogP contribution in [-0.2, 0) is 13.0 Å². The number of hydrogen-bond acceptors (Lipinski definition) is 5. The summed E-state index contributed by atoms with van der Waals surface area (Å²) in [5.74, 6) is 2.03. The van der Waals surface area contributed by atoms with Crippen molar-refractivity contribution in [2.75, 3.05) is 20.2 Å². The Morgan fingerprint density at radius 2 is 2.00 bits per heavy atom. The Balaban J connectivity index is 1.51. The van der Waals surface area contributed by atoms with Crippen LogP contribution in [0.3, 0.4) is 0 Å². The largest absolute Gasteiger partial charge is 0.493 e. The maximum absolute atomic E-state index is 13.1. The van der Waals surface area contributed by atoms with Crippen LogP contribution in [0, 0.1) is 0 Å². The molecule has 2 aromatic rings. The summed E-state index contributed by atoms with van der Waals surface area (Å²) >= 11 is 0. The molecule has 7 nitrogen and oxygen atoms in total. The number of alkyl halides is 2. The van der Waals surface area contributed by atoms with Crippen molar-refractivity contribution in [2.24, 2.45) is 0 Å². The molecule has 1 saturated heterocycles. The lowest BCUT2D eigenvalue weighted by atomic mass is 9.96. The summed E-state index contributed by atoms with van der Waals surface area (Å²) in [4.78, 5) is 14.9. The Bertz CT molecular complexity index is 902. The number of rotatable bonds is 5. The van der Waals surface area contributed by atoms with Crippen LogP contribution in [0.5, 0.6) is 11.5 Å². The van der Waals surface area contributed by atoms with Gasteiger partial charge in [0.1, 0.15) is 11.6 Å².